The third kappa shape index (κ3) is 2.14. The third-order valence-corrected chi connectivity index (χ3v) is 2.64. The molecule has 0 spiro atoms. The molecular weight excluding hydrogens is 176 g/mol. The second-order valence-corrected chi connectivity index (χ2v) is 3.57. The lowest BCUT2D eigenvalue weighted by Gasteiger charge is -2.32. The van der Waals surface area contributed by atoms with Crippen LogP contribution in [0, 0.1) is 0 Å². The molecule has 0 aliphatic heterocycles. The number of hydrogen-bond acceptors (Lipinski definition) is 2. The van der Waals surface area contributed by atoms with E-state index in [4.69, 9.17) is 4.74 Å². The second kappa shape index (κ2) is 4.58. The molecule has 14 heavy (non-hydrogen) atoms. The van der Waals surface area contributed by atoms with Gasteiger partial charge in [-0.05, 0) is 30.6 Å². The van der Waals surface area contributed by atoms with E-state index in [0.717, 1.165) is 12.0 Å². The molecule has 2 atom stereocenters. The Hall–Kier alpha value is -0.860. The molecule has 78 valence electrons. The second-order valence-electron chi connectivity index (χ2n) is 3.57. The maximum Gasteiger partial charge on any atom is 0.112 e. The van der Waals surface area contributed by atoms with Crippen LogP contribution in [0.3, 0.4) is 0 Å². The third-order valence-electron chi connectivity index (χ3n) is 2.64. The standard InChI is InChI=1S/C12H18O2/c1-4-6-10-7-8-12(13,5-2)11(9-10)14-3/h4,7-9,11,13H,1,5-6H2,2-3H3. The van der Waals surface area contributed by atoms with Gasteiger partial charge in [-0.3, -0.25) is 0 Å². The summed E-state index contributed by atoms with van der Waals surface area (Å²) in [6, 6.07) is 0. The molecule has 0 aromatic carbocycles. The first kappa shape index (κ1) is 11.2. The lowest BCUT2D eigenvalue weighted by Crippen LogP contribution is -2.41. The van der Waals surface area contributed by atoms with Crippen LogP contribution in [0.1, 0.15) is 19.8 Å². The molecule has 0 fully saturated rings. The molecule has 2 nitrogen and oxygen atoms in total. The molecule has 1 aliphatic rings. The van der Waals surface area contributed by atoms with E-state index in [1.165, 1.54) is 0 Å². The molecule has 2 heteroatoms. The largest absolute Gasteiger partial charge is 0.383 e. The van der Waals surface area contributed by atoms with Crippen molar-refractivity contribution in [3.63, 3.8) is 0 Å². The molecule has 0 saturated carbocycles. The Kier molecular flexibility index (Phi) is 3.67. The van der Waals surface area contributed by atoms with E-state index < -0.39 is 5.60 Å². The minimum atomic E-state index is -0.848. The van der Waals surface area contributed by atoms with Crippen LogP contribution in [0.4, 0.5) is 0 Å². The van der Waals surface area contributed by atoms with Crippen molar-refractivity contribution in [1.82, 2.24) is 0 Å². The zero-order valence-electron chi connectivity index (χ0n) is 8.86. The van der Waals surface area contributed by atoms with Crippen molar-refractivity contribution in [1.29, 1.82) is 0 Å². The summed E-state index contributed by atoms with van der Waals surface area (Å²) in [5.41, 5.74) is 0.296. The Morgan fingerprint density at radius 1 is 1.71 bits per heavy atom. The van der Waals surface area contributed by atoms with Crippen molar-refractivity contribution in [2.75, 3.05) is 7.11 Å². The van der Waals surface area contributed by atoms with Crippen LogP contribution in [-0.4, -0.2) is 23.9 Å². The van der Waals surface area contributed by atoms with E-state index in [9.17, 15) is 5.11 Å². The Labute approximate surface area is 85.6 Å². The maximum atomic E-state index is 10.1. The van der Waals surface area contributed by atoms with Crippen molar-refractivity contribution >= 4 is 0 Å². The van der Waals surface area contributed by atoms with Gasteiger partial charge >= 0.3 is 0 Å². The van der Waals surface area contributed by atoms with Gasteiger partial charge in [-0.25, -0.2) is 0 Å². The van der Waals surface area contributed by atoms with Crippen LogP contribution >= 0.6 is 0 Å². The molecular formula is C12H18O2. The molecule has 0 aromatic heterocycles. The summed E-state index contributed by atoms with van der Waals surface area (Å²) in [6.07, 6.45) is 8.80. The SMILES string of the molecule is C=CCC1=CC(OC)C(O)(CC)C=C1. The van der Waals surface area contributed by atoms with E-state index >= 15 is 0 Å². The molecule has 0 heterocycles. The van der Waals surface area contributed by atoms with Gasteiger partial charge in [0.2, 0.25) is 0 Å². The number of methoxy groups -OCH3 is 1. The van der Waals surface area contributed by atoms with Crippen molar-refractivity contribution in [3.8, 4) is 0 Å². The summed E-state index contributed by atoms with van der Waals surface area (Å²) in [7, 11) is 1.62. The molecule has 0 aromatic rings. The summed E-state index contributed by atoms with van der Waals surface area (Å²) >= 11 is 0. The van der Waals surface area contributed by atoms with Crippen LogP contribution in [0.25, 0.3) is 0 Å². The minimum Gasteiger partial charge on any atom is -0.383 e. The number of rotatable bonds is 4. The first-order valence-electron chi connectivity index (χ1n) is 4.92. The van der Waals surface area contributed by atoms with E-state index in [1.807, 2.05) is 31.2 Å². The fraction of sp³-hybridized carbons (Fsp3) is 0.500. The summed E-state index contributed by atoms with van der Waals surface area (Å²) in [6.45, 7) is 5.63. The normalized spacial score (nSPS) is 31.4. The number of aliphatic hydroxyl groups is 1. The molecule has 1 rings (SSSR count). The van der Waals surface area contributed by atoms with Gasteiger partial charge in [0.15, 0.2) is 0 Å². The molecule has 0 amide bonds. The highest BCUT2D eigenvalue weighted by molar-refractivity contribution is 5.32. The Balaban J connectivity index is 2.84. The molecule has 0 saturated heterocycles. The Morgan fingerprint density at radius 2 is 2.43 bits per heavy atom. The number of allylic oxidation sites excluding steroid dienone is 3. The van der Waals surface area contributed by atoms with Gasteiger partial charge in [-0.15, -0.1) is 6.58 Å². The van der Waals surface area contributed by atoms with Gasteiger partial charge in [0, 0.05) is 7.11 Å². The predicted molar refractivity (Wildman–Crippen MR) is 58.1 cm³/mol. The van der Waals surface area contributed by atoms with Crippen molar-refractivity contribution in [2.24, 2.45) is 0 Å². The van der Waals surface area contributed by atoms with Gasteiger partial charge in [0.1, 0.15) is 11.7 Å². The van der Waals surface area contributed by atoms with Gasteiger partial charge in [0.05, 0.1) is 0 Å². The summed E-state index contributed by atoms with van der Waals surface area (Å²) < 4.78 is 5.26. The molecule has 0 bridgehead atoms. The van der Waals surface area contributed by atoms with E-state index in [2.05, 4.69) is 6.58 Å². The molecule has 1 N–H and O–H groups in total. The first-order valence-corrected chi connectivity index (χ1v) is 4.92. The van der Waals surface area contributed by atoms with Gasteiger partial charge in [-0.1, -0.05) is 19.1 Å². The number of ether oxygens (including phenoxy) is 1. The lowest BCUT2D eigenvalue weighted by molar-refractivity contribution is -0.0406. The quantitative estimate of drug-likeness (QED) is 0.695. The fourth-order valence-electron chi connectivity index (χ4n) is 1.63. The monoisotopic (exact) mass is 194 g/mol. The Morgan fingerprint density at radius 3 is 2.93 bits per heavy atom. The van der Waals surface area contributed by atoms with Crippen molar-refractivity contribution in [2.45, 2.75) is 31.5 Å². The smallest absolute Gasteiger partial charge is 0.112 e. The van der Waals surface area contributed by atoms with Gasteiger partial charge < -0.3 is 9.84 Å². The first-order chi connectivity index (χ1) is 6.66. The van der Waals surface area contributed by atoms with Gasteiger partial charge in [0.25, 0.3) is 0 Å². The van der Waals surface area contributed by atoms with Crippen LogP contribution in [-0.2, 0) is 4.74 Å². The average Bonchev–Trinajstić information content (AvgIpc) is 2.21. The van der Waals surface area contributed by atoms with Crippen LogP contribution in [0.2, 0.25) is 0 Å². The van der Waals surface area contributed by atoms with Gasteiger partial charge in [-0.2, -0.15) is 0 Å². The number of hydrogen-bond donors (Lipinski definition) is 1. The maximum absolute atomic E-state index is 10.1. The van der Waals surface area contributed by atoms with Crippen molar-refractivity contribution in [3.05, 3.63) is 36.5 Å². The average molecular weight is 194 g/mol. The van der Waals surface area contributed by atoms with Crippen LogP contribution in [0.5, 0.6) is 0 Å². The van der Waals surface area contributed by atoms with Crippen molar-refractivity contribution < 1.29 is 9.84 Å². The molecule has 1 aliphatic carbocycles. The topological polar surface area (TPSA) is 29.5 Å². The van der Waals surface area contributed by atoms with Crippen LogP contribution in [0.15, 0.2) is 36.5 Å². The molecule has 2 unspecified atom stereocenters. The summed E-state index contributed by atoms with van der Waals surface area (Å²) in [5.74, 6) is 0. The zero-order valence-corrected chi connectivity index (χ0v) is 8.86. The molecule has 0 radical (unpaired) electrons. The predicted octanol–water partition coefficient (Wildman–Crippen LogP) is 2.21. The Bertz CT molecular complexity index is 265. The fourth-order valence-corrected chi connectivity index (χ4v) is 1.63. The van der Waals surface area contributed by atoms with E-state index in [1.54, 1.807) is 7.11 Å². The minimum absolute atomic E-state index is 0.243. The highest BCUT2D eigenvalue weighted by atomic mass is 16.5. The van der Waals surface area contributed by atoms with E-state index in [-0.39, 0.29) is 6.10 Å². The highest BCUT2D eigenvalue weighted by Gasteiger charge is 2.33. The summed E-state index contributed by atoms with van der Waals surface area (Å²) in [5, 5.41) is 10.1. The summed E-state index contributed by atoms with van der Waals surface area (Å²) in [4.78, 5) is 0. The zero-order chi connectivity index (χ0) is 10.6. The highest BCUT2D eigenvalue weighted by Crippen LogP contribution is 2.27. The van der Waals surface area contributed by atoms with E-state index in [0.29, 0.717) is 6.42 Å². The lowest BCUT2D eigenvalue weighted by atomic mass is 9.86. The van der Waals surface area contributed by atoms with Crippen LogP contribution < -0.4 is 0 Å².